The molecule has 1 aliphatic heterocycles. The Hall–Kier alpha value is -2.72. The summed E-state index contributed by atoms with van der Waals surface area (Å²) >= 11 is 0. The van der Waals surface area contributed by atoms with Gasteiger partial charge in [0.05, 0.1) is 11.6 Å². The Balaban J connectivity index is 1.93. The number of rotatable bonds is 7. The third kappa shape index (κ3) is 3.10. The number of hydrogen-bond donors (Lipinski definition) is 2. The second kappa shape index (κ2) is 7.51. The Bertz CT molecular complexity index is 1050. The van der Waals surface area contributed by atoms with Gasteiger partial charge >= 0.3 is 0 Å². The fraction of sp³-hybridized carbons (Fsp3) is 0.208. The van der Waals surface area contributed by atoms with Crippen LogP contribution in [0.5, 0.6) is 0 Å². The smallest absolute Gasteiger partial charge is 0.254 e. The highest BCUT2D eigenvalue weighted by molar-refractivity contribution is 7.77. The van der Waals surface area contributed by atoms with Crippen molar-refractivity contribution >= 4 is 23.8 Å². The van der Waals surface area contributed by atoms with E-state index >= 15 is 0 Å². The maximum atomic E-state index is 14.7. The highest BCUT2D eigenvalue weighted by Gasteiger charge is 2.71. The van der Waals surface area contributed by atoms with Gasteiger partial charge in [-0.25, -0.2) is 5.09 Å². The standard InChI is InChI=1S/C24H25N2O3P/c1-18-24(29-18,22(25)27)23(2,19-12-6-3-7-13-19)26-30(28,20-14-8-4-9-15-20)21-16-10-5-11-17-21/h3-18H,1-2H3,(H2,25,27)(H,26,28)/t18-,23-,24-/m0/s1. The zero-order valence-electron chi connectivity index (χ0n) is 17.0. The van der Waals surface area contributed by atoms with Crippen LogP contribution < -0.4 is 21.4 Å². The second-order valence-corrected chi connectivity index (χ2v) is 10.2. The minimum Gasteiger partial charge on any atom is -0.367 e. The van der Waals surface area contributed by atoms with E-state index in [1.807, 2.05) is 105 Å². The van der Waals surface area contributed by atoms with E-state index in [1.165, 1.54) is 0 Å². The van der Waals surface area contributed by atoms with Crippen molar-refractivity contribution in [2.75, 3.05) is 0 Å². The summed E-state index contributed by atoms with van der Waals surface area (Å²) in [7, 11) is -3.37. The van der Waals surface area contributed by atoms with E-state index in [0.29, 0.717) is 10.6 Å². The zero-order chi connectivity index (χ0) is 21.4. The quantitative estimate of drug-likeness (QED) is 0.455. The van der Waals surface area contributed by atoms with Gasteiger partial charge in [-0.1, -0.05) is 66.7 Å². The van der Waals surface area contributed by atoms with Crippen molar-refractivity contribution in [1.82, 2.24) is 5.09 Å². The van der Waals surface area contributed by atoms with Crippen LogP contribution in [0.15, 0.2) is 91.0 Å². The van der Waals surface area contributed by atoms with Gasteiger partial charge in [0.2, 0.25) is 7.29 Å². The largest absolute Gasteiger partial charge is 0.367 e. The van der Waals surface area contributed by atoms with Crippen LogP contribution in [0.25, 0.3) is 0 Å². The summed E-state index contributed by atoms with van der Waals surface area (Å²) in [6.45, 7) is 3.65. The van der Waals surface area contributed by atoms with E-state index in [0.717, 1.165) is 5.56 Å². The number of carbonyl (C=O) groups excluding carboxylic acids is 1. The van der Waals surface area contributed by atoms with Gasteiger partial charge in [0.15, 0.2) is 5.60 Å². The Labute approximate surface area is 176 Å². The highest BCUT2D eigenvalue weighted by Crippen LogP contribution is 2.55. The number of benzene rings is 3. The number of nitrogens with two attached hydrogens (primary N) is 1. The molecule has 0 unspecified atom stereocenters. The summed E-state index contributed by atoms with van der Waals surface area (Å²) in [5.41, 5.74) is 4.19. The monoisotopic (exact) mass is 420 g/mol. The third-order valence-corrected chi connectivity index (χ3v) is 8.77. The first-order valence-electron chi connectivity index (χ1n) is 9.88. The van der Waals surface area contributed by atoms with Crippen molar-refractivity contribution in [3.63, 3.8) is 0 Å². The third-order valence-electron chi connectivity index (χ3n) is 5.96. The average Bonchev–Trinajstić information content (AvgIpc) is 3.48. The first kappa shape index (κ1) is 20.5. The second-order valence-electron chi connectivity index (χ2n) is 7.74. The molecule has 30 heavy (non-hydrogen) atoms. The molecular weight excluding hydrogens is 395 g/mol. The van der Waals surface area contributed by atoms with E-state index in [-0.39, 0.29) is 0 Å². The van der Waals surface area contributed by atoms with Crippen molar-refractivity contribution in [2.24, 2.45) is 5.73 Å². The molecule has 1 saturated heterocycles. The average molecular weight is 420 g/mol. The maximum Gasteiger partial charge on any atom is 0.254 e. The van der Waals surface area contributed by atoms with Gasteiger partial charge in [0, 0.05) is 10.6 Å². The number of nitrogens with one attached hydrogen (secondary N) is 1. The molecule has 6 heteroatoms. The van der Waals surface area contributed by atoms with Crippen LogP contribution in [0.1, 0.15) is 19.4 Å². The SMILES string of the molecule is C[C@@H]1O[C@@]1(C(N)=O)[C@@](C)(NP(=O)(c1ccccc1)c1ccccc1)c1ccccc1. The summed E-state index contributed by atoms with van der Waals surface area (Å²) in [4.78, 5) is 12.6. The van der Waals surface area contributed by atoms with Crippen molar-refractivity contribution < 1.29 is 14.1 Å². The van der Waals surface area contributed by atoms with E-state index < -0.39 is 30.4 Å². The number of epoxide rings is 1. The van der Waals surface area contributed by atoms with Gasteiger partial charge in [0.1, 0.15) is 0 Å². The summed E-state index contributed by atoms with van der Waals surface area (Å²) < 4.78 is 20.5. The van der Waals surface area contributed by atoms with Gasteiger partial charge in [-0.15, -0.1) is 0 Å². The lowest BCUT2D eigenvalue weighted by Crippen LogP contribution is -2.59. The number of carbonyl (C=O) groups is 1. The molecule has 154 valence electrons. The summed E-state index contributed by atoms with van der Waals surface area (Å²) in [5.74, 6) is -0.582. The topological polar surface area (TPSA) is 84.7 Å². The normalized spacial score (nSPS) is 22.8. The van der Waals surface area contributed by atoms with Crippen LogP contribution in [0, 0.1) is 0 Å². The fourth-order valence-electron chi connectivity index (χ4n) is 4.28. The molecule has 1 aliphatic rings. The molecule has 3 atom stereocenters. The Morgan fingerprint density at radius 2 is 1.33 bits per heavy atom. The van der Waals surface area contributed by atoms with Crippen LogP contribution in [0.4, 0.5) is 0 Å². The van der Waals surface area contributed by atoms with E-state index in [9.17, 15) is 9.36 Å². The van der Waals surface area contributed by atoms with Crippen molar-refractivity contribution in [3.05, 3.63) is 96.6 Å². The lowest BCUT2D eigenvalue weighted by atomic mass is 9.77. The molecule has 3 aromatic rings. The summed E-state index contributed by atoms with van der Waals surface area (Å²) in [5, 5.41) is 4.69. The molecule has 0 saturated carbocycles. The first-order valence-corrected chi connectivity index (χ1v) is 11.6. The minimum atomic E-state index is -3.37. The molecule has 3 N–H and O–H groups in total. The predicted octanol–water partition coefficient (Wildman–Crippen LogP) is 3.06. The summed E-state index contributed by atoms with van der Waals surface area (Å²) in [6.07, 6.45) is -0.410. The minimum absolute atomic E-state index is 0.410. The van der Waals surface area contributed by atoms with E-state index in [1.54, 1.807) is 0 Å². The Kier molecular flexibility index (Phi) is 5.15. The van der Waals surface area contributed by atoms with Gasteiger partial charge in [-0.05, 0) is 43.7 Å². The first-order chi connectivity index (χ1) is 14.3. The molecular formula is C24H25N2O3P. The number of primary amides is 1. The molecule has 0 aliphatic carbocycles. The zero-order valence-corrected chi connectivity index (χ0v) is 17.9. The highest BCUT2D eigenvalue weighted by atomic mass is 31.2. The van der Waals surface area contributed by atoms with Crippen molar-refractivity contribution in [1.29, 1.82) is 0 Å². The lowest BCUT2D eigenvalue weighted by molar-refractivity contribution is -0.125. The fourth-order valence-corrected chi connectivity index (χ4v) is 6.94. The molecule has 3 aromatic carbocycles. The van der Waals surface area contributed by atoms with Gasteiger partial charge in [0.25, 0.3) is 5.91 Å². The summed E-state index contributed by atoms with van der Waals surface area (Å²) in [6, 6.07) is 28.0. The van der Waals surface area contributed by atoms with Crippen LogP contribution in [-0.2, 0) is 19.6 Å². The molecule has 0 bridgehead atoms. The van der Waals surface area contributed by atoms with Gasteiger partial charge in [-0.3, -0.25) is 9.36 Å². The molecule has 1 amide bonds. The molecule has 5 nitrogen and oxygen atoms in total. The van der Waals surface area contributed by atoms with Crippen LogP contribution >= 0.6 is 7.29 Å². The molecule has 4 rings (SSSR count). The molecule has 1 fully saturated rings. The number of amides is 1. The van der Waals surface area contributed by atoms with Gasteiger partial charge < -0.3 is 10.5 Å². The van der Waals surface area contributed by atoms with E-state index in [2.05, 4.69) is 5.09 Å². The number of hydrogen-bond acceptors (Lipinski definition) is 3. The predicted molar refractivity (Wildman–Crippen MR) is 119 cm³/mol. The lowest BCUT2D eigenvalue weighted by Gasteiger charge is -2.39. The molecule has 0 radical (unpaired) electrons. The molecule has 0 spiro atoms. The Morgan fingerprint density at radius 3 is 1.70 bits per heavy atom. The van der Waals surface area contributed by atoms with Crippen LogP contribution in [0.3, 0.4) is 0 Å². The van der Waals surface area contributed by atoms with Crippen LogP contribution in [-0.4, -0.2) is 17.6 Å². The van der Waals surface area contributed by atoms with Crippen molar-refractivity contribution in [2.45, 2.75) is 31.1 Å². The number of ether oxygens (including phenoxy) is 1. The van der Waals surface area contributed by atoms with Gasteiger partial charge in [-0.2, -0.15) is 0 Å². The Morgan fingerprint density at radius 1 is 0.933 bits per heavy atom. The molecule has 0 aromatic heterocycles. The molecule has 1 heterocycles. The van der Waals surface area contributed by atoms with E-state index in [4.69, 9.17) is 10.5 Å². The maximum absolute atomic E-state index is 14.7. The van der Waals surface area contributed by atoms with Crippen LogP contribution in [0.2, 0.25) is 0 Å². The van der Waals surface area contributed by atoms with Crippen molar-refractivity contribution in [3.8, 4) is 0 Å².